The van der Waals surface area contributed by atoms with E-state index in [0.29, 0.717) is 17.2 Å². The van der Waals surface area contributed by atoms with Crippen LogP contribution >= 0.6 is 0 Å². The molecule has 0 atom stereocenters. The van der Waals surface area contributed by atoms with E-state index in [2.05, 4.69) is 53.5 Å². The third-order valence-corrected chi connectivity index (χ3v) is 4.23. The predicted molar refractivity (Wildman–Crippen MR) is 110 cm³/mol. The van der Waals surface area contributed by atoms with E-state index in [1.165, 1.54) is 11.9 Å². The van der Waals surface area contributed by atoms with Crippen LogP contribution < -0.4 is 10.6 Å². The Morgan fingerprint density at radius 2 is 1.48 bits per heavy atom. The maximum absolute atomic E-state index is 11.5. The molecule has 0 bridgehead atoms. The molecule has 138 valence electrons. The van der Waals surface area contributed by atoms with E-state index in [-0.39, 0.29) is 11.2 Å². The SMILES string of the molecule is CC(=O)c1cccc(Nc2cc(Nc3ccc(C(C)(C)C)cc3)ncn2)c1. The minimum Gasteiger partial charge on any atom is -0.340 e. The third kappa shape index (κ3) is 4.91. The number of rotatable bonds is 5. The van der Waals surface area contributed by atoms with Crippen molar-refractivity contribution in [1.29, 1.82) is 0 Å². The van der Waals surface area contributed by atoms with Gasteiger partial charge in [-0.05, 0) is 42.2 Å². The van der Waals surface area contributed by atoms with E-state index in [0.717, 1.165) is 11.4 Å². The van der Waals surface area contributed by atoms with Crippen molar-refractivity contribution in [3.63, 3.8) is 0 Å². The summed E-state index contributed by atoms with van der Waals surface area (Å²) in [4.78, 5) is 20.1. The van der Waals surface area contributed by atoms with Crippen molar-refractivity contribution in [3.05, 3.63) is 72.1 Å². The van der Waals surface area contributed by atoms with Gasteiger partial charge in [-0.2, -0.15) is 0 Å². The van der Waals surface area contributed by atoms with E-state index in [1.807, 2.05) is 36.4 Å². The largest absolute Gasteiger partial charge is 0.340 e. The molecule has 3 aromatic rings. The molecule has 0 spiro atoms. The highest BCUT2D eigenvalue weighted by Crippen LogP contribution is 2.25. The Balaban J connectivity index is 1.74. The number of nitrogens with one attached hydrogen (secondary N) is 2. The summed E-state index contributed by atoms with van der Waals surface area (Å²) < 4.78 is 0. The topological polar surface area (TPSA) is 66.9 Å². The molecule has 5 nitrogen and oxygen atoms in total. The highest BCUT2D eigenvalue weighted by atomic mass is 16.1. The summed E-state index contributed by atoms with van der Waals surface area (Å²) in [6.45, 7) is 8.13. The Kier molecular flexibility index (Phi) is 5.21. The molecule has 5 heteroatoms. The maximum atomic E-state index is 11.5. The standard InChI is InChI=1S/C22H24N4O/c1-15(27)16-6-5-7-19(12-16)26-21-13-20(23-14-24-21)25-18-10-8-17(9-11-18)22(2,3)4/h5-14H,1-4H3,(H2,23,24,25,26). The summed E-state index contributed by atoms with van der Waals surface area (Å²) in [5.41, 5.74) is 3.83. The number of nitrogens with zero attached hydrogens (tertiary/aromatic N) is 2. The van der Waals surface area contributed by atoms with Gasteiger partial charge >= 0.3 is 0 Å². The van der Waals surface area contributed by atoms with E-state index in [4.69, 9.17) is 0 Å². The van der Waals surface area contributed by atoms with Crippen LogP contribution in [-0.2, 0) is 5.41 Å². The van der Waals surface area contributed by atoms with Crippen LogP contribution in [0.4, 0.5) is 23.0 Å². The number of carbonyl (C=O) groups is 1. The summed E-state index contributed by atoms with van der Waals surface area (Å²) in [6.07, 6.45) is 1.50. The fourth-order valence-corrected chi connectivity index (χ4v) is 2.66. The van der Waals surface area contributed by atoms with Gasteiger partial charge in [-0.15, -0.1) is 0 Å². The molecule has 2 aromatic carbocycles. The van der Waals surface area contributed by atoms with Gasteiger partial charge < -0.3 is 10.6 Å². The molecule has 27 heavy (non-hydrogen) atoms. The minimum absolute atomic E-state index is 0.0300. The lowest BCUT2D eigenvalue weighted by Gasteiger charge is -2.19. The van der Waals surface area contributed by atoms with Gasteiger partial charge in [0, 0.05) is 23.0 Å². The average Bonchev–Trinajstić information content (AvgIpc) is 2.62. The van der Waals surface area contributed by atoms with Crippen LogP contribution in [0.15, 0.2) is 60.9 Å². The highest BCUT2D eigenvalue weighted by Gasteiger charge is 2.12. The highest BCUT2D eigenvalue weighted by molar-refractivity contribution is 5.95. The van der Waals surface area contributed by atoms with Gasteiger partial charge in [0.25, 0.3) is 0 Å². The summed E-state index contributed by atoms with van der Waals surface area (Å²) in [5, 5.41) is 6.50. The first-order chi connectivity index (χ1) is 12.8. The van der Waals surface area contributed by atoms with Crippen LogP contribution in [0.1, 0.15) is 43.6 Å². The Labute approximate surface area is 159 Å². The zero-order chi connectivity index (χ0) is 19.4. The summed E-state index contributed by atoms with van der Waals surface area (Å²) in [6, 6.07) is 17.5. The van der Waals surface area contributed by atoms with Crippen LogP contribution in [0.2, 0.25) is 0 Å². The first-order valence-electron chi connectivity index (χ1n) is 8.89. The first kappa shape index (κ1) is 18.6. The molecule has 0 radical (unpaired) electrons. The zero-order valence-corrected chi connectivity index (χ0v) is 16.1. The van der Waals surface area contributed by atoms with E-state index in [1.54, 1.807) is 13.0 Å². The van der Waals surface area contributed by atoms with Gasteiger partial charge in [0.15, 0.2) is 5.78 Å². The molecule has 0 amide bonds. The molecule has 2 N–H and O–H groups in total. The second kappa shape index (κ2) is 7.58. The van der Waals surface area contributed by atoms with Gasteiger partial charge in [-0.1, -0.05) is 45.0 Å². The Bertz CT molecular complexity index is 943. The number of ketones is 1. The number of carbonyl (C=O) groups excluding carboxylic acids is 1. The summed E-state index contributed by atoms with van der Waals surface area (Å²) in [7, 11) is 0. The van der Waals surface area contributed by atoms with Gasteiger partial charge in [0.05, 0.1) is 0 Å². The number of Topliss-reactive ketones (excluding diaryl/α,β-unsaturated/α-hetero) is 1. The van der Waals surface area contributed by atoms with Crippen molar-refractivity contribution in [3.8, 4) is 0 Å². The average molecular weight is 360 g/mol. The number of hydrogen-bond donors (Lipinski definition) is 2. The summed E-state index contributed by atoms with van der Waals surface area (Å²) in [5.74, 6) is 1.38. The molecule has 0 fully saturated rings. The molecule has 1 aromatic heterocycles. The van der Waals surface area contributed by atoms with Crippen molar-refractivity contribution in [2.24, 2.45) is 0 Å². The molecule has 0 saturated carbocycles. The lowest BCUT2D eigenvalue weighted by molar-refractivity contribution is 0.101. The van der Waals surface area contributed by atoms with Crippen molar-refractivity contribution in [2.45, 2.75) is 33.1 Å². The molecule has 0 aliphatic rings. The van der Waals surface area contributed by atoms with Crippen molar-refractivity contribution < 1.29 is 4.79 Å². The second-order valence-corrected chi connectivity index (χ2v) is 7.50. The zero-order valence-electron chi connectivity index (χ0n) is 16.1. The van der Waals surface area contributed by atoms with Crippen LogP contribution in [0.25, 0.3) is 0 Å². The van der Waals surface area contributed by atoms with Crippen molar-refractivity contribution in [2.75, 3.05) is 10.6 Å². The fraction of sp³-hybridized carbons (Fsp3) is 0.227. The molecular weight excluding hydrogens is 336 g/mol. The van der Waals surface area contributed by atoms with Gasteiger partial charge in [0.1, 0.15) is 18.0 Å². The fourth-order valence-electron chi connectivity index (χ4n) is 2.66. The van der Waals surface area contributed by atoms with E-state index >= 15 is 0 Å². The molecule has 0 saturated heterocycles. The molecule has 3 rings (SSSR count). The molecule has 1 heterocycles. The van der Waals surface area contributed by atoms with Crippen LogP contribution in [0.3, 0.4) is 0 Å². The lowest BCUT2D eigenvalue weighted by Crippen LogP contribution is -2.10. The minimum atomic E-state index is 0.0300. The molecule has 0 aliphatic carbocycles. The number of benzene rings is 2. The lowest BCUT2D eigenvalue weighted by atomic mass is 9.87. The van der Waals surface area contributed by atoms with Crippen molar-refractivity contribution >= 4 is 28.8 Å². The summed E-state index contributed by atoms with van der Waals surface area (Å²) >= 11 is 0. The normalized spacial score (nSPS) is 11.1. The van der Waals surface area contributed by atoms with Gasteiger partial charge in [-0.3, -0.25) is 4.79 Å². The molecular formula is C22H24N4O. The van der Waals surface area contributed by atoms with Gasteiger partial charge in [0.2, 0.25) is 0 Å². The molecule has 0 aliphatic heterocycles. The predicted octanol–water partition coefficient (Wildman–Crippen LogP) is 5.46. The molecule has 0 unspecified atom stereocenters. The quantitative estimate of drug-likeness (QED) is 0.591. The monoisotopic (exact) mass is 360 g/mol. The van der Waals surface area contributed by atoms with Crippen LogP contribution in [0.5, 0.6) is 0 Å². The Hall–Kier alpha value is -3.21. The number of hydrogen-bond acceptors (Lipinski definition) is 5. The number of aromatic nitrogens is 2. The second-order valence-electron chi connectivity index (χ2n) is 7.50. The Morgan fingerprint density at radius 3 is 2.07 bits per heavy atom. The first-order valence-corrected chi connectivity index (χ1v) is 8.89. The van der Waals surface area contributed by atoms with Gasteiger partial charge in [-0.25, -0.2) is 9.97 Å². The number of anilines is 4. The Morgan fingerprint density at radius 1 is 0.852 bits per heavy atom. The van der Waals surface area contributed by atoms with E-state index in [9.17, 15) is 4.79 Å². The maximum Gasteiger partial charge on any atom is 0.159 e. The van der Waals surface area contributed by atoms with Crippen LogP contribution in [-0.4, -0.2) is 15.8 Å². The third-order valence-electron chi connectivity index (χ3n) is 4.23. The van der Waals surface area contributed by atoms with Crippen molar-refractivity contribution in [1.82, 2.24) is 9.97 Å². The van der Waals surface area contributed by atoms with E-state index < -0.39 is 0 Å². The smallest absolute Gasteiger partial charge is 0.159 e. The van der Waals surface area contributed by atoms with Crippen LogP contribution in [0, 0.1) is 0 Å².